The number of fused-ring (bicyclic) bond motifs is 3. The molecule has 0 aliphatic carbocycles. The zero-order valence-corrected chi connectivity index (χ0v) is 58.2. The van der Waals surface area contributed by atoms with Crippen molar-refractivity contribution in [2.75, 3.05) is 37.5 Å². The molecule has 5 amide bonds. The van der Waals surface area contributed by atoms with Gasteiger partial charge in [-0.05, 0) is 44.2 Å². The van der Waals surface area contributed by atoms with Crippen LogP contribution in [0.1, 0.15) is 108 Å². The number of aliphatic hydroxyl groups excluding tert-OH is 8. The van der Waals surface area contributed by atoms with Crippen molar-refractivity contribution < 1.29 is 83.8 Å². The summed E-state index contributed by atoms with van der Waals surface area (Å²) < 4.78 is 27.3. The lowest BCUT2D eigenvalue weighted by atomic mass is 10.0. The van der Waals surface area contributed by atoms with Gasteiger partial charge in [-0.2, -0.15) is 0 Å². The van der Waals surface area contributed by atoms with E-state index in [4.69, 9.17) is 53.3 Å². The highest BCUT2D eigenvalue weighted by molar-refractivity contribution is 6.00. The van der Waals surface area contributed by atoms with Gasteiger partial charge < -0.3 is 136 Å². The van der Waals surface area contributed by atoms with Gasteiger partial charge in [0.1, 0.15) is 83.5 Å². The number of aliphatic hydroxyl groups is 8. The first kappa shape index (κ1) is 80.7. The van der Waals surface area contributed by atoms with E-state index in [0.717, 1.165) is 19.3 Å². The lowest BCUT2D eigenvalue weighted by Gasteiger charge is -2.30. The molecule has 0 saturated carbocycles. The fraction of sp³-hybridized carbons (Fsp3) is 0.587. The van der Waals surface area contributed by atoms with Gasteiger partial charge in [-0.25, -0.2) is 29.9 Å². The lowest BCUT2D eigenvalue weighted by Crippen LogP contribution is -2.54. The van der Waals surface area contributed by atoms with Crippen LogP contribution in [0, 0.1) is 12.8 Å². The number of aryl methyl sites for hydroxylation is 1. The minimum atomic E-state index is -1.20. The number of imidazole rings is 3. The minimum absolute atomic E-state index is 0.0670. The van der Waals surface area contributed by atoms with Crippen LogP contribution in [0.3, 0.4) is 0 Å². The van der Waals surface area contributed by atoms with Crippen LogP contribution in [0.2, 0.25) is 0 Å². The number of carbonyl (C=O) groups is 5. The molecule has 20 atom stereocenters. The molecule has 27 N–H and O–H groups in total. The molecule has 4 fully saturated rings. The number of nitrogens with one attached hydrogen (secondary N) is 7. The van der Waals surface area contributed by atoms with E-state index in [9.17, 15) is 69.6 Å². The fourth-order valence-corrected chi connectivity index (χ4v) is 12.2. The van der Waals surface area contributed by atoms with E-state index in [1.165, 1.54) is 43.8 Å². The van der Waals surface area contributed by atoms with Gasteiger partial charge in [-0.15, -0.1) is 0 Å². The molecule has 41 nitrogen and oxygen atoms in total. The highest BCUT2D eigenvalue weighted by Gasteiger charge is 2.51. The van der Waals surface area contributed by atoms with Crippen molar-refractivity contribution in [2.24, 2.45) is 39.6 Å². The maximum Gasteiger partial charge on any atom is 0.279 e. The number of amidine groups is 1. The first-order valence-corrected chi connectivity index (χ1v) is 33.8. The standard InChI is InChI=1S/2C16H24N6O5.C16H24N6O4.C15H25N5O4/c2*1-3-4-8(17)14(25)21-10-9(5-23)27-16(12(10)24)22-6-18-11-13(22)19-7(2)20-15(11)26;1-7(2)10(18)15(25)21-12-9(5-23)26-16(13(12)24)22-6-20-11-8(17)3-4-19-14(11)22;1-3-4-9(16)14(23)19-12-10(7-21)24-15(13(12)22)20-6-5-11(17)18-8(20)2/h6,8-10,12,16,23-24H,3-5,17H2,1-2H3,(H,21,25)(H,19,20,26);6,8-10,12,16,19,23-24H,2-5,17H2,1H3,(H,20,26)(H,21,25);3-4,6-7,9-10,12-13,16,23-24H,5,18H2,1-2H3,(H2,17,19)(H,21,25);5-6,9-10,12-13,15,21-22H,2-4,7,16H2,1H3,(H2,17,18)(H,19,23)/t2*8?,9-,10?,12+,16-;9-,10?,12?,13+,16-;9?,10-,12?,13+,15-/m1111/s1. The van der Waals surface area contributed by atoms with Gasteiger partial charge in [0.25, 0.3) is 11.5 Å². The predicted molar refractivity (Wildman–Crippen MR) is 371 cm³/mol. The molecule has 5 aromatic heterocycles. The number of rotatable bonds is 23. The van der Waals surface area contributed by atoms with Crippen molar-refractivity contribution in [1.29, 1.82) is 0 Å². The lowest BCUT2D eigenvalue weighted by molar-refractivity contribution is -0.125. The predicted octanol–water partition coefficient (Wildman–Crippen LogP) is -6.27. The number of hydrogen-bond donors (Lipinski definition) is 21. The number of nitrogens with two attached hydrogens (primary N) is 6. The van der Waals surface area contributed by atoms with Crippen molar-refractivity contribution in [3.05, 3.63) is 90.2 Å². The number of H-pyrrole nitrogens is 1. The van der Waals surface area contributed by atoms with Crippen molar-refractivity contribution in [1.82, 2.24) is 75.1 Å². The molecule has 0 spiro atoms. The summed E-state index contributed by atoms with van der Waals surface area (Å²) in [6, 6.07) is -4.54. The Morgan fingerprint density at radius 2 is 1.02 bits per heavy atom. The third-order valence-electron chi connectivity index (χ3n) is 17.9. The van der Waals surface area contributed by atoms with Gasteiger partial charge in [0.15, 0.2) is 47.4 Å². The van der Waals surface area contributed by atoms with Gasteiger partial charge in [-0.1, -0.05) is 67.0 Å². The molecule has 0 radical (unpaired) electrons. The number of aromatic nitrogens is 9. The zero-order chi connectivity index (χ0) is 76.3. The second kappa shape index (κ2) is 35.6. The number of nitrogen functional groups attached to an aromatic ring is 1. The molecule has 11 rings (SSSR count). The van der Waals surface area contributed by atoms with Gasteiger partial charge in [0.2, 0.25) is 23.6 Å². The molecule has 6 aliphatic heterocycles. The monoisotopic (exact) mass is 1460 g/mol. The first-order chi connectivity index (χ1) is 49.5. The van der Waals surface area contributed by atoms with E-state index in [1.807, 2.05) is 34.6 Å². The summed E-state index contributed by atoms with van der Waals surface area (Å²) in [4.78, 5) is 102. The third-order valence-corrected chi connectivity index (χ3v) is 17.9. The number of amides is 5. The molecule has 8 unspecified atom stereocenters. The normalized spacial score (nSPS) is 28.2. The summed E-state index contributed by atoms with van der Waals surface area (Å²) in [5.74, 6) is -0.624. The van der Waals surface area contributed by atoms with E-state index in [0.29, 0.717) is 53.6 Å². The number of anilines is 2. The van der Waals surface area contributed by atoms with Crippen LogP contribution < -0.4 is 71.9 Å². The van der Waals surface area contributed by atoms with E-state index in [2.05, 4.69) is 80.0 Å². The van der Waals surface area contributed by atoms with Crippen molar-refractivity contribution in [2.45, 2.75) is 202 Å². The van der Waals surface area contributed by atoms with Crippen LogP contribution in [0.15, 0.2) is 78.1 Å². The zero-order valence-electron chi connectivity index (χ0n) is 58.2. The number of carbonyl (C=O) groups excluding carboxylic acids is 5. The second-order valence-corrected chi connectivity index (χ2v) is 25.8. The smallest absolute Gasteiger partial charge is 0.279 e. The summed E-state index contributed by atoms with van der Waals surface area (Å²) >= 11 is 0. The summed E-state index contributed by atoms with van der Waals surface area (Å²) in [7, 11) is 0. The molecule has 104 heavy (non-hydrogen) atoms. The second-order valence-electron chi connectivity index (χ2n) is 25.8. The molecule has 6 aliphatic rings. The molecular formula is C63H97N23O18. The molecule has 11 heterocycles. The Balaban J connectivity index is 0.000000176. The summed E-state index contributed by atoms with van der Waals surface area (Å²) in [5, 5.41) is 97.1. The maximum absolute atomic E-state index is 12.3. The number of pyridine rings is 1. The first-order valence-electron chi connectivity index (χ1n) is 33.8. The Morgan fingerprint density at radius 1 is 0.596 bits per heavy atom. The number of ether oxygens (including phenoxy) is 4. The van der Waals surface area contributed by atoms with Gasteiger partial charge >= 0.3 is 0 Å². The van der Waals surface area contributed by atoms with Gasteiger partial charge in [0.05, 0.1) is 99.4 Å². The number of hydrogen-bond acceptors (Lipinski definition) is 32. The average Bonchev–Trinajstić information content (AvgIpc) is 1.63. The Kier molecular flexibility index (Phi) is 27.6. The minimum Gasteiger partial charge on any atom is -0.397 e. The average molecular weight is 1460 g/mol. The van der Waals surface area contributed by atoms with Gasteiger partial charge in [-0.3, -0.25) is 42.5 Å². The molecule has 41 heteroatoms. The summed E-state index contributed by atoms with van der Waals surface area (Å²) in [5.41, 5.74) is 36.2. The Morgan fingerprint density at radius 3 is 1.47 bits per heavy atom. The topological polar surface area (TPSA) is 640 Å². The van der Waals surface area contributed by atoms with Crippen LogP contribution in [0.4, 0.5) is 11.5 Å². The van der Waals surface area contributed by atoms with E-state index < -0.39 is 164 Å². The molecule has 4 saturated heterocycles. The van der Waals surface area contributed by atoms with Gasteiger partial charge in [0, 0.05) is 12.4 Å². The molecule has 0 bridgehead atoms. The van der Waals surface area contributed by atoms with E-state index in [-0.39, 0.29) is 53.6 Å². The highest BCUT2D eigenvalue weighted by atomic mass is 16.6. The maximum atomic E-state index is 12.3. The third kappa shape index (κ3) is 17.8. The van der Waals surface area contributed by atoms with Crippen LogP contribution in [0.25, 0.3) is 22.3 Å². The van der Waals surface area contributed by atoms with Crippen LogP contribution in [-0.4, -0.2) is 255 Å². The van der Waals surface area contributed by atoms with E-state index >= 15 is 0 Å². The Labute approximate surface area is 595 Å². The number of aromatic amines is 1. The Hall–Kier alpha value is -9.02. The molecular weight excluding hydrogens is 1370 g/mol. The van der Waals surface area contributed by atoms with Crippen LogP contribution >= 0.6 is 0 Å². The van der Waals surface area contributed by atoms with Crippen LogP contribution in [0.5, 0.6) is 0 Å². The largest absolute Gasteiger partial charge is 0.397 e. The van der Waals surface area contributed by atoms with Crippen molar-refractivity contribution >= 4 is 69.2 Å². The summed E-state index contributed by atoms with van der Waals surface area (Å²) in [6.07, 6.45) is 1.00. The highest BCUT2D eigenvalue weighted by Crippen LogP contribution is 2.37. The molecule has 572 valence electrons. The van der Waals surface area contributed by atoms with Crippen molar-refractivity contribution in [3.63, 3.8) is 0 Å². The van der Waals surface area contributed by atoms with E-state index in [1.54, 1.807) is 25.3 Å². The fourth-order valence-electron chi connectivity index (χ4n) is 12.2. The molecule has 5 aromatic rings. The SMILES string of the molecule is C=C1N=C(N)C=CN1[C@@H]1O[C@H](CO)C(NC(=O)C(N)CCC)[C@@H]1O.C=C1NC(=O)c2ncn([C@@H]3O[C@H](CO)C(NC(=O)C(N)CCC)[C@@H]3O)c2N1.CC(C)C(N)C(=O)NC1[C@@H](CO)O[C@@H](n2cnc3c(N)ccnc32)[C@H]1O.CCCC(N)C(=O)NC1[C@@H](CO)O[C@@H](n2cnc3c(=O)[nH]c(C)nc32)[C@H]1O. The Bertz CT molecular complexity index is 3960. The molecule has 0 aromatic carbocycles. The van der Waals surface area contributed by atoms with Crippen LogP contribution in [-0.2, 0) is 38.1 Å². The summed E-state index contributed by atoms with van der Waals surface area (Å²) in [6.45, 7) is 16.9. The number of nitrogens with zero attached hydrogens (tertiary/aromatic N) is 10. The van der Waals surface area contributed by atoms with Crippen molar-refractivity contribution in [3.8, 4) is 0 Å². The number of aliphatic imine (C=N–C) groups is 1. The quantitative estimate of drug-likeness (QED) is 0.0289.